The summed E-state index contributed by atoms with van der Waals surface area (Å²) >= 11 is 1.45. The van der Waals surface area contributed by atoms with E-state index in [-0.39, 0.29) is 18.0 Å². The quantitative estimate of drug-likeness (QED) is 0.224. The Morgan fingerprint density at radius 1 is 1.12 bits per heavy atom. The lowest BCUT2D eigenvalue weighted by Gasteiger charge is -2.28. The number of pyridine rings is 1. The molecule has 33 heavy (non-hydrogen) atoms. The fourth-order valence-corrected chi connectivity index (χ4v) is 4.96. The maximum absolute atomic E-state index is 13.0. The van der Waals surface area contributed by atoms with Gasteiger partial charge in [-0.15, -0.1) is 11.3 Å². The van der Waals surface area contributed by atoms with Gasteiger partial charge in [0.05, 0.1) is 31.3 Å². The standard InChI is InChI=1S/C24H29N7OS/c1-31(2)24(30-25)29-18-9-7-17(8-10-18)28-23(32)22-21(12-14-33-22)27-15-16-11-13-26-20-6-4-3-5-19(16)20/h3-6,11-14,17-18,27,29H,7-10,15H2,1-2H3,(H,28,32). The topological polar surface area (TPSA) is 106 Å². The van der Waals surface area contributed by atoms with Crippen molar-refractivity contribution < 1.29 is 9.58 Å². The predicted molar refractivity (Wildman–Crippen MR) is 132 cm³/mol. The Balaban J connectivity index is 1.32. The second-order valence-electron chi connectivity index (χ2n) is 8.49. The number of fused-ring (bicyclic) bond motifs is 1. The number of rotatable bonds is 6. The van der Waals surface area contributed by atoms with E-state index >= 15 is 0 Å². The summed E-state index contributed by atoms with van der Waals surface area (Å²) in [5, 5.41) is 13.0. The van der Waals surface area contributed by atoms with Gasteiger partial charge in [-0.05, 0) is 54.8 Å². The van der Waals surface area contributed by atoms with Crippen LogP contribution in [0.1, 0.15) is 40.9 Å². The van der Waals surface area contributed by atoms with E-state index in [9.17, 15) is 4.79 Å². The molecular formula is C24H29N7OS. The highest BCUT2D eigenvalue weighted by atomic mass is 32.1. The number of carbonyl (C=O) groups excluding carboxylic acids is 1. The Morgan fingerprint density at radius 3 is 2.58 bits per heavy atom. The zero-order valence-corrected chi connectivity index (χ0v) is 19.7. The van der Waals surface area contributed by atoms with Crippen LogP contribution in [0.25, 0.3) is 16.4 Å². The molecule has 0 spiro atoms. The molecule has 4 rings (SSSR count). The molecule has 2 heterocycles. The summed E-state index contributed by atoms with van der Waals surface area (Å²) in [7, 11) is 3.66. The number of guanidine groups is 1. The van der Waals surface area contributed by atoms with Crippen molar-refractivity contribution in [3.63, 3.8) is 0 Å². The molecule has 0 atom stereocenters. The minimum absolute atomic E-state index is 0.0330. The first-order chi connectivity index (χ1) is 16.0. The van der Waals surface area contributed by atoms with Crippen molar-refractivity contribution in [3.8, 4) is 0 Å². The number of nitrogens with one attached hydrogen (secondary N) is 3. The number of thiophene rings is 1. The Bertz CT molecular complexity index is 1160. The molecule has 172 valence electrons. The van der Waals surface area contributed by atoms with Gasteiger partial charge in [0.2, 0.25) is 0 Å². The second-order valence-corrected chi connectivity index (χ2v) is 9.40. The molecule has 1 fully saturated rings. The van der Waals surface area contributed by atoms with Gasteiger partial charge in [0.25, 0.3) is 5.91 Å². The summed E-state index contributed by atoms with van der Waals surface area (Å²) in [5.41, 5.74) is 12.1. The highest BCUT2D eigenvalue weighted by Crippen LogP contribution is 2.26. The van der Waals surface area contributed by atoms with Crippen LogP contribution in [0.3, 0.4) is 0 Å². The molecule has 0 radical (unpaired) electrons. The SMILES string of the molecule is CN(C)C(=[N+]=[N-])NC1CCC(NC(=O)c2sccc2NCc2ccnc3ccccc23)CC1. The molecule has 9 heteroatoms. The largest absolute Gasteiger partial charge is 0.543 e. The first kappa shape index (κ1) is 22.8. The van der Waals surface area contributed by atoms with Crippen LogP contribution in [0.4, 0.5) is 5.69 Å². The third kappa shape index (κ3) is 5.50. The smallest absolute Gasteiger partial charge is 0.425 e. The van der Waals surface area contributed by atoms with Crippen molar-refractivity contribution >= 4 is 39.8 Å². The molecule has 3 aromatic rings. The lowest BCUT2D eigenvalue weighted by atomic mass is 9.91. The number of para-hydroxylation sites is 1. The zero-order valence-electron chi connectivity index (χ0n) is 18.9. The van der Waals surface area contributed by atoms with Crippen molar-refractivity contribution in [2.45, 2.75) is 44.3 Å². The van der Waals surface area contributed by atoms with Crippen molar-refractivity contribution in [2.24, 2.45) is 0 Å². The molecule has 1 aliphatic carbocycles. The molecule has 2 aromatic heterocycles. The van der Waals surface area contributed by atoms with Gasteiger partial charge in [-0.2, -0.15) is 0 Å². The van der Waals surface area contributed by atoms with E-state index in [1.165, 1.54) is 11.3 Å². The highest BCUT2D eigenvalue weighted by Gasteiger charge is 2.27. The van der Waals surface area contributed by atoms with Gasteiger partial charge in [-0.25, -0.2) is 0 Å². The summed E-state index contributed by atoms with van der Waals surface area (Å²) in [6.07, 6.45) is 5.39. The van der Waals surface area contributed by atoms with E-state index in [0.29, 0.717) is 17.4 Å². The molecule has 0 saturated heterocycles. The van der Waals surface area contributed by atoms with E-state index in [1.54, 1.807) is 4.90 Å². The lowest BCUT2D eigenvalue weighted by molar-refractivity contribution is -0.0279. The average molecular weight is 464 g/mol. The minimum atomic E-state index is -0.0330. The molecule has 0 aliphatic heterocycles. The zero-order chi connectivity index (χ0) is 23.2. The fraction of sp³-hybridized carbons (Fsp3) is 0.375. The minimum Gasteiger partial charge on any atom is -0.543 e. The predicted octanol–water partition coefficient (Wildman–Crippen LogP) is 3.69. The number of hydrogen-bond donors (Lipinski definition) is 3. The maximum atomic E-state index is 13.0. The Kier molecular flexibility index (Phi) is 7.22. The summed E-state index contributed by atoms with van der Waals surface area (Å²) in [6, 6.07) is 12.4. The normalized spacial score (nSPS) is 17.8. The number of anilines is 1. The monoisotopic (exact) mass is 463 g/mol. The van der Waals surface area contributed by atoms with Gasteiger partial charge >= 0.3 is 5.96 Å². The van der Waals surface area contributed by atoms with Crippen molar-refractivity contribution in [1.82, 2.24) is 20.5 Å². The molecule has 1 aliphatic rings. The second kappa shape index (κ2) is 10.5. The van der Waals surface area contributed by atoms with Gasteiger partial charge in [-0.3, -0.25) is 20.0 Å². The average Bonchev–Trinajstić information content (AvgIpc) is 3.31. The van der Waals surface area contributed by atoms with Crippen LogP contribution in [0, 0.1) is 0 Å². The number of amides is 1. The Hall–Kier alpha value is -3.42. The van der Waals surface area contributed by atoms with Gasteiger partial charge < -0.3 is 21.0 Å². The van der Waals surface area contributed by atoms with Crippen LogP contribution < -0.4 is 16.0 Å². The number of aromatic nitrogens is 1. The van der Waals surface area contributed by atoms with Crippen molar-refractivity contribution in [3.05, 3.63) is 63.9 Å². The third-order valence-electron chi connectivity index (χ3n) is 5.99. The number of benzene rings is 1. The summed E-state index contributed by atoms with van der Waals surface area (Å²) in [4.78, 5) is 23.2. The number of carbonyl (C=O) groups is 1. The first-order valence-electron chi connectivity index (χ1n) is 11.2. The first-order valence-corrected chi connectivity index (χ1v) is 12.0. The summed E-state index contributed by atoms with van der Waals surface area (Å²) < 4.78 is 0. The highest BCUT2D eigenvalue weighted by molar-refractivity contribution is 7.12. The van der Waals surface area contributed by atoms with Crippen LogP contribution in [0.15, 0.2) is 48.0 Å². The van der Waals surface area contributed by atoms with Crippen LogP contribution in [-0.4, -0.2) is 52.7 Å². The van der Waals surface area contributed by atoms with Crippen molar-refractivity contribution in [2.75, 3.05) is 19.4 Å². The fourth-order valence-electron chi connectivity index (χ4n) is 4.19. The number of hydrogen-bond acceptors (Lipinski definition) is 4. The van der Waals surface area contributed by atoms with Gasteiger partial charge in [0.1, 0.15) is 4.88 Å². The molecule has 0 bridgehead atoms. The van der Waals surface area contributed by atoms with Crippen LogP contribution in [-0.2, 0) is 6.54 Å². The molecule has 1 amide bonds. The van der Waals surface area contributed by atoms with Crippen LogP contribution in [0.5, 0.6) is 0 Å². The van der Waals surface area contributed by atoms with E-state index in [1.807, 2.05) is 56.0 Å². The summed E-state index contributed by atoms with van der Waals surface area (Å²) in [5.74, 6) is 0.424. The molecule has 8 nitrogen and oxygen atoms in total. The number of nitrogens with zero attached hydrogens (tertiary/aromatic N) is 4. The maximum Gasteiger partial charge on any atom is 0.425 e. The van der Waals surface area contributed by atoms with Gasteiger partial charge in [0, 0.05) is 24.2 Å². The Morgan fingerprint density at radius 2 is 1.85 bits per heavy atom. The van der Waals surface area contributed by atoms with Gasteiger partial charge in [0.15, 0.2) is 0 Å². The molecule has 0 unspecified atom stereocenters. The van der Waals surface area contributed by atoms with Crippen LogP contribution in [0.2, 0.25) is 0 Å². The van der Waals surface area contributed by atoms with Crippen molar-refractivity contribution in [1.29, 1.82) is 0 Å². The van der Waals surface area contributed by atoms with E-state index < -0.39 is 0 Å². The molecule has 3 N–H and O–H groups in total. The molecular weight excluding hydrogens is 434 g/mol. The van der Waals surface area contributed by atoms with E-state index in [0.717, 1.165) is 47.8 Å². The Labute approximate surface area is 197 Å². The third-order valence-corrected chi connectivity index (χ3v) is 6.91. The molecule has 1 saturated carbocycles. The molecule has 1 aromatic carbocycles. The summed E-state index contributed by atoms with van der Waals surface area (Å²) in [6.45, 7) is 0.622. The van der Waals surface area contributed by atoms with Crippen LogP contribution >= 0.6 is 11.3 Å². The van der Waals surface area contributed by atoms with E-state index in [2.05, 4.69) is 31.8 Å². The van der Waals surface area contributed by atoms with E-state index in [4.69, 9.17) is 5.53 Å². The van der Waals surface area contributed by atoms with Gasteiger partial charge in [-0.1, -0.05) is 18.2 Å². The lowest BCUT2D eigenvalue weighted by Crippen LogP contribution is -2.47.